The number of nitrogens with zero attached hydrogens (tertiary/aromatic N) is 3. The average molecular weight is 246 g/mol. The highest BCUT2D eigenvalue weighted by atomic mass is 16.6. The molecular formula is C11H10N4O3. The molecule has 0 amide bonds. The number of hydrogen-bond acceptors (Lipinski definition) is 7. The van der Waals surface area contributed by atoms with Gasteiger partial charge in [0.1, 0.15) is 0 Å². The van der Waals surface area contributed by atoms with Gasteiger partial charge in [-0.15, -0.1) is 5.11 Å². The fraction of sp³-hybridized carbons (Fsp3) is 0.273. The van der Waals surface area contributed by atoms with Crippen molar-refractivity contribution in [2.45, 2.75) is 6.04 Å². The molecule has 1 N–H and O–H groups in total. The Hall–Kier alpha value is -2.44. The van der Waals surface area contributed by atoms with Crippen LogP contribution in [0.5, 0.6) is 5.75 Å². The summed E-state index contributed by atoms with van der Waals surface area (Å²) in [5, 5.41) is 10.1. The Bertz CT molecular complexity index is 541. The first kappa shape index (κ1) is 10.7. The maximum Gasteiger partial charge on any atom is 0.345 e. The molecule has 0 bridgehead atoms. The van der Waals surface area contributed by atoms with Crippen LogP contribution >= 0.6 is 0 Å². The zero-order chi connectivity index (χ0) is 12.4. The third-order valence-corrected chi connectivity index (χ3v) is 2.58. The van der Waals surface area contributed by atoms with E-state index in [-0.39, 0.29) is 6.02 Å². The molecule has 7 heteroatoms. The van der Waals surface area contributed by atoms with Crippen molar-refractivity contribution in [3.8, 4) is 5.75 Å². The van der Waals surface area contributed by atoms with Crippen LogP contribution in [0.25, 0.3) is 0 Å². The summed E-state index contributed by atoms with van der Waals surface area (Å²) in [7, 11) is 0. The van der Waals surface area contributed by atoms with Gasteiger partial charge < -0.3 is 14.9 Å². The van der Waals surface area contributed by atoms with Crippen molar-refractivity contribution in [3.63, 3.8) is 0 Å². The molecule has 1 aromatic carbocycles. The molecule has 0 saturated carbocycles. The topological polar surface area (TPSA) is 84.6 Å². The maximum absolute atomic E-state index is 12.0. The fourth-order valence-electron chi connectivity index (χ4n) is 1.74. The van der Waals surface area contributed by atoms with Gasteiger partial charge in [-0.1, -0.05) is 18.2 Å². The molecule has 1 aromatic rings. The first-order valence-electron chi connectivity index (χ1n) is 5.51. The Kier molecular flexibility index (Phi) is 2.64. The van der Waals surface area contributed by atoms with Crippen LogP contribution < -0.4 is 10.2 Å². The van der Waals surface area contributed by atoms with Crippen molar-refractivity contribution < 1.29 is 14.4 Å². The highest BCUT2D eigenvalue weighted by Crippen LogP contribution is 2.32. The molecular weight excluding hydrogens is 236 g/mol. The Labute approximate surface area is 102 Å². The zero-order valence-corrected chi connectivity index (χ0v) is 9.37. The minimum absolute atomic E-state index is 0.235. The lowest BCUT2D eigenvalue weighted by atomic mass is 10.1. The van der Waals surface area contributed by atoms with Gasteiger partial charge in [-0.25, -0.2) is 9.79 Å². The van der Waals surface area contributed by atoms with Gasteiger partial charge in [0.05, 0.1) is 6.54 Å². The summed E-state index contributed by atoms with van der Waals surface area (Å²) < 4.78 is 5.10. The van der Waals surface area contributed by atoms with Crippen molar-refractivity contribution in [3.05, 3.63) is 29.8 Å². The Morgan fingerprint density at radius 3 is 3.17 bits per heavy atom. The summed E-state index contributed by atoms with van der Waals surface area (Å²) >= 11 is 0. The van der Waals surface area contributed by atoms with Crippen LogP contribution in [0.15, 0.2) is 39.6 Å². The van der Waals surface area contributed by atoms with E-state index in [4.69, 9.17) is 9.57 Å². The zero-order valence-electron chi connectivity index (χ0n) is 9.37. The highest BCUT2D eigenvalue weighted by molar-refractivity contribution is 5.91. The molecule has 1 atom stereocenters. The van der Waals surface area contributed by atoms with Gasteiger partial charge in [-0.2, -0.15) is 0 Å². The summed E-state index contributed by atoms with van der Waals surface area (Å²) in [5.74, 6) is -0.0154. The van der Waals surface area contributed by atoms with E-state index in [2.05, 4.69) is 20.7 Å². The summed E-state index contributed by atoms with van der Waals surface area (Å²) in [6.45, 7) is 1.28. The first-order chi connectivity index (χ1) is 8.84. The molecule has 92 valence electrons. The van der Waals surface area contributed by atoms with Gasteiger partial charge in [-0.05, 0) is 6.07 Å². The second-order valence-corrected chi connectivity index (χ2v) is 3.76. The second kappa shape index (κ2) is 4.44. The number of esters is 1. The number of para-hydroxylation sites is 1. The van der Waals surface area contributed by atoms with Crippen molar-refractivity contribution in [2.24, 2.45) is 15.4 Å². The van der Waals surface area contributed by atoms with Crippen molar-refractivity contribution in [2.75, 3.05) is 13.1 Å². The van der Waals surface area contributed by atoms with Crippen molar-refractivity contribution >= 4 is 12.0 Å². The van der Waals surface area contributed by atoms with E-state index >= 15 is 0 Å². The normalized spacial score (nSPS) is 20.4. The van der Waals surface area contributed by atoms with E-state index in [0.29, 0.717) is 24.4 Å². The number of fused-ring (bicyclic) bond motifs is 1. The van der Waals surface area contributed by atoms with Crippen molar-refractivity contribution in [1.82, 2.24) is 5.32 Å². The second-order valence-electron chi connectivity index (χ2n) is 3.76. The van der Waals surface area contributed by atoms with Gasteiger partial charge in [-0.3, -0.25) is 0 Å². The first-order valence-corrected chi connectivity index (χ1v) is 5.51. The smallest absolute Gasteiger partial charge is 0.345 e. The fourth-order valence-corrected chi connectivity index (χ4v) is 1.74. The lowest BCUT2D eigenvalue weighted by Crippen LogP contribution is -2.27. The maximum atomic E-state index is 12.0. The van der Waals surface area contributed by atoms with Gasteiger partial charge in [0.25, 0.3) is 6.02 Å². The molecule has 3 rings (SSSR count). The van der Waals surface area contributed by atoms with E-state index in [1.54, 1.807) is 24.3 Å². The largest absolute Gasteiger partial charge is 0.391 e. The van der Waals surface area contributed by atoms with Crippen LogP contribution in [-0.4, -0.2) is 25.1 Å². The van der Waals surface area contributed by atoms with Gasteiger partial charge in [0.2, 0.25) is 6.04 Å². The monoisotopic (exact) mass is 246 g/mol. The van der Waals surface area contributed by atoms with E-state index < -0.39 is 12.0 Å². The van der Waals surface area contributed by atoms with Crippen LogP contribution in [0, 0.1) is 0 Å². The van der Waals surface area contributed by atoms with E-state index in [0.717, 1.165) is 0 Å². The predicted molar refractivity (Wildman–Crippen MR) is 61.1 cm³/mol. The number of carbonyl (C=O) groups excluding carboxylic acids is 1. The highest BCUT2D eigenvalue weighted by Gasteiger charge is 2.30. The third kappa shape index (κ3) is 1.90. The molecule has 0 aliphatic carbocycles. The van der Waals surface area contributed by atoms with E-state index in [1.807, 2.05) is 0 Å². The molecule has 1 unspecified atom stereocenters. The molecule has 0 saturated heterocycles. The molecule has 2 aliphatic heterocycles. The summed E-state index contributed by atoms with van der Waals surface area (Å²) in [6, 6.07) is 6.50. The summed E-state index contributed by atoms with van der Waals surface area (Å²) in [5.41, 5.74) is 0.635. The van der Waals surface area contributed by atoms with Crippen LogP contribution in [0.1, 0.15) is 11.6 Å². The minimum atomic E-state index is -0.806. The molecule has 7 nitrogen and oxygen atoms in total. The SMILES string of the molecule is O=C(OC1=NCCN1)C1N=NOc2ccccc21. The number of nitrogens with one attached hydrogen (secondary N) is 1. The average Bonchev–Trinajstić information content (AvgIpc) is 2.91. The molecule has 2 aliphatic rings. The molecule has 18 heavy (non-hydrogen) atoms. The van der Waals surface area contributed by atoms with E-state index in [9.17, 15) is 4.79 Å². The van der Waals surface area contributed by atoms with Crippen LogP contribution in [0.4, 0.5) is 0 Å². The number of carbonyl (C=O) groups is 1. The number of aliphatic imine (C=N–C) groups is 1. The molecule has 0 radical (unpaired) electrons. The Morgan fingerprint density at radius 2 is 2.33 bits per heavy atom. The van der Waals surface area contributed by atoms with Gasteiger partial charge in [0.15, 0.2) is 5.75 Å². The van der Waals surface area contributed by atoms with Crippen LogP contribution in [-0.2, 0) is 9.53 Å². The Morgan fingerprint density at radius 1 is 1.44 bits per heavy atom. The van der Waals surface area contributed by atoms with E-state index in [1.165, 1.54) is 0 Å². The molecule has 0 fully saturated rings. The number of benzene rings is 1. The molecule has 0 aromatic heterocycles. The van der Waals surface area contributed by atoms with Gasteiger partial charge >= 0.3 is 5.97 Å². The summed E-state index contributed by atoms with van der Waals surface area (Å²) in [4.78, 5) is 20.9. The number of ether oxygens (including phenoxy) is 1. The quantitative estimate of drug-likeness (QED) is 0.749. The lowest BCUT2D eigenvalue weighted by Gasteiger charge is -2.16. The van der Waals surface area contributed by atoms with Gasteiger partial charge in [0, 0.05) is 17.4 Å². The van der Waals surface area contributed by atoms with Crippen molar-refractivity contribution in [1.29, 1.82) is 0 Å². The standard InChI is InChI=1S/C11H10N4O3/c16-10(17-11-12-5-6-13-11)9-7-3-1-2-4-8(7)18-15-14-9/h1-4,9H,5-6H2,(H,12,13). The summed E-state index contributed by atoms with van der Waals surface area (Å²) in [6.07, 6.45) is 0. The minimum Gasteiger partial charge on any atom is -0.391 e. The number of amidine groups is 1. The molecule has 2 heterocycles. The predicted octanol–water partition coefficient (Wildman–Crippen LogP) is 0.990. The van der Waals surface area contributed by atoms with Crippen LogP contribution in [0.2, 0.25) is 0 Å². The molecule has 0 spiro atoms. The third-order valence-electron chi connectivity index (χ3n) is 2.58. The Balaban J connectivity index is 1.81. The lowest BCUT2D eigenvalue weighted by molar-refractivity contribution is -0.137. The number of rotatable bonds is 1. The number of hydrogen-bond donors (Lipinski definition) is 1. The van der Waals surface area contributed by atoms with Crippen LogP contribution in [0.3, 0.4) is 0 Å².